The van der Waals surface area contributed by atoms with Gasteiger partial charge in [0, 0.05) is 18.5 Å². The Morgan fingerprint density at radius 1 is 1.12 bits per heavy atom. The average Bonchev–Trinajstić information content (AvgIpc) is 2.60. The Bertz CT molecular complexity index is 732. The zero-order valence-corrected chi connectivity index (χ0v) is 15.0. The van der Waals surface area contributed by atoms with Crippen molar-refractivity contribution < 1.29 is 14.3 Å². The fourth-order valence-electron chi connectivity index (χ4n) is 2.43. The molecular formula is C19H21ClN2O3. The molecule has 0 aromatic heterocycles. The Hall–Kier alpha value is -2.53. The second-order valence-electron chi connectivity index (χ2n) is 5.60. The van der Waals surface area contributed by atoms with Crippen LogP contribution in [0.2, 0.25) is 5.02 Å². The van der Waals surface area contributed by atoms with Gasteiger partial charge in [0.25, 0.3) is 0 Å². The molecule has 0 aliphatic rings. The van der Waals surface area contributed by atoms with Gasteiger partial charge in [0.1, 0.15) is 5.75 Å². The molecule has 0 fully saturated rings. The van der Waals surface area contributed by atoms with Gasteiger partial charge in [0.2, 0.25) is 11.8 Å². The number of methoxy groups -OCH3 is 1. The first-order chi connectivity index (χ1) is 12.0. The smallest absolute Gasteiger partial charge is 0.222 e. The molecular weight excluding hydrogens is 340 g/mol. The third-order valence-electron chi connectivity index (χ3n) is 3.72. The summed E-state index contributed by atoms with van der Waals surface area (Å²) in [6.07, 6.45) is 0.135. The first-order valence-electron chi connectivity index (χ1n) is 7.90. The van der Waals surface area contributed by atoms with Gasteiger partial charge in [0.05, 0.1) is 19.6 Å². The maximum Gasteiger partial charge on any atom is 0.222 e. The van der Waals surface area contributed by atoms with Crippen molar-refractivity contribution in [3.63, 3.8) is 0 Å². The van der Waals surface area contributed by atoms with Crippen molar-refractivity contribution in [2.45, 2.75) is 25.9 Å². The van der Waals surface area contributed by atoms with Crippen molar-refractivity contribution in [1.82, 2.24) is 10.6 Å². The third kappa shape index (κ3) is 5.80. The van der Waals surface area contributed by atoms with E-state index in [4.69, 9.17) is 16.3 Å². The highest BCUT2D eigenvalue weighted by atomic mass is 35.5. The van der Waals surface area contributed by atoms with Crippen molar-refractivity contribution in [2.24, 2.45) is 0 Å². The molecule has 0 aliphatic carbocycles. The minimum Gasteiger partial charge on any atom is -0.497 e. The topological polar surface area (TPSA) is 67.4 Å². The fourth-order valence-corrected chi connectivity index (χ4v) is 2.63. The molecule has 0 heterocycles. The number of halogens is 1. The highest BCUT2D eigenvalue weighted by Crippen LogP contribution is 2.21. The van der Waals surface area contributed by atoms with E-state index in [2.05, 4.69) is 10.6 Å². The number of carbonyl (C=O) groups excluding carboxylic acids is 2. The minimum absolute atomic E-state index is 0.135. The van der Waals surface area contributed by atoms with Gasteiger partial charge in [-0.2, -0.15) is 0 Å². The highest BCUT2D eigenvalue weighted by molar-refractivity contribution is 6.31. The zero-order valence-electron chi connectivity index (χ0n) is 14.2. The molecule has 0 spiro atoms. The molecule has 132 valence electrons. The first-order valence-corrected chi connectivity index (χ1v) is 8.28. The summed E-state index contributed by atoms with van der Waals surface area (Å²) in [5.41, 5.74) is 1.68. The van der Waals surface area contributed by atoms with E-state index in [1.807, 2.05) is 30.3 Å². The SMILES string of the molecule is COc1ccc([C@@H](CC(=O)NCc2ccccc2Cl)NC(C)=O)cc1. The van der Waals surface area contributed by atoms with Crippen molar-refractivity contribution in [2.75, 3.05) is 7.11 Å². The number of amides is 2. The van der Waals surface area contributed by atoms with Crippen LogP contribution in [-0.2, 0) is 16.1 Å². The lowest BCUT2D eigenvalue weighted by molar-refractivity contribution is -0.122. The number of hydrogen-bond donors (Lipinski definition) is 2. The lowest BCUT2D eigenvalue weighted by Crippen LogP contribution is -2.32. The van der Waals surface area contributed by atoms with Gasteiger partial charge < -0.3 is 15.4 Å². The van der Waals surface area contributed by atoms with Crippen LogP contribution in [0, 0.1) is 0 Å². The van der Waals surface area contributed by atoms with E-state index in [-0.39, 0.29) is 18.2 Å². The normalized spacial score (nSPS) is 11.5. The van der Waals surface area contributed by atoms with Gasteiger partial charge in [-0.25, -0.2) is 0 Å². The molecule has 2 aromatic rings. The van der Waals surface area contributed by atoms with Crippen LogP contribution in [0.1, 0.15) is 30.5 Å². The van der Waals surface area contributed by atoms with E-state index in [0.29, 0.717) is 17.3 Å². The second kappa shape index (κ2) is 9.08. The minimum atomic E-state index is -0.408. The summed E-state index contributed by atoms with van der Waals surface area (Å²) in [6, 6.07) is 14.2. The van der Waals surface area contributed by atoms with Gasteiger partial charge in [-0.05, 0) is 29.3 Å². The lowest BCUT2D eigenvalue weighted by Gasteiger charge is -2.18. The van der Waals surface area contributed by atoms with Gasteiger partial charge in [-0.15, -0.1) is 0 Å². The molecule has 0 saturated heterocycles. The maximum atomic E-state index is 12.3. The Labute approximate surface area is 152 Å². The van der Waals surface area contributed by atoms with Crippen molar-refractivity contribution >= 4 is 23.4 Å². The summed E-state index contributed by atoms with van der Waals surface area (Å²) in [4.78, 5) is 23.8. The van der Waals surface area contributed by atoms with Crippen LogP contribution in [0.25, 0.3) is 0 Å². The van der Waals surface area contributed by atoms with Crippen LogP contribution < -0.4 is 15.4 Å². The summed E-state index contributed by atoms with van der Waals surface area (Å²) < 4.78 is 5.13. The zero-order chi connectivity index (χ0) is 18.2. The van der Waals surface area contributed by atoms with Crippen molar-refractivity contribution in [3.05, 3.63) is 64.7 Å². The largest absolute Gasteiger partial charge is 0.497 e. The molecule has 2 rings (SSSR count). The Kier molecular flexibility index (Phi) is 6.83. The molecule has 0 aliphatic heterocycles. The summed E-state index contributed by atoms with van der Waals surface area (Å²) in [6.45, 7) is 1.77. The summed E-state index contributed by atoms with van der Waals surface area (Å²) in [5, 5.41) is 6.25. The molecule has 6 heteroatoms. The van der Waals surface area contributed by atoms with Gasteiger partial charge in [-0.3, -0.25) is 9.59 Å². The average molecular weight is 361 g/mol. The molecule has 0 bridgehead atoms. The van der Waals surface area contributed by atoms with Gasteiger partial charge >= 0.3 is 0 Å². The summed E-state index contributed by atoms with van der Waals surface area (Å²) in [7, 11) is 1.59. The van der Waals surface area contributed by atoms with Crippen LogP contribution >= 0.6 is 11.6 Å². The number of carbonyl (C=O) groups is 2. The Morgan fingerprint density at radius 2 is 1.80 bits per heavy atom. The van der Waals surface area contributed by atoms with Crippen LogP contribution in [0.3, 0.4) is 0 Å². The van der Waals surface area contributed by atoms with Gasteiger partial charge in [0.15, 0.2) is 0 Å². The fraction of sp³-hybridized carbons (Fsp3) is 0.263. The molecule has 0 saturated carbocycles. The quantitative estimate of drug-likeness (QED) is 0.796. The molecule has 0 radical (unpaired) electrons. The number of nitrogens with one attached hydrogen (secondary N) is 2. The summed E-state index contributed by atoms with van der Waals surface area (Å²) in [5.74, 6) is 0.350. The van der Waals surface area contributed by atoms with Gasteiger partial charge in [-0.1, -0.05) is 41.9 Å². The van der Waals surface area contributed by atoms with Crippen LogP contribution in [0.4, 0.5) is 0 Å². The maximum absolute atomic E-state index is 12.3. The van der Waals surface area contributed by atoms with E-state index >= 15 is 0 Å². The second-order valence-corrected chi connectivity index (χ2v) is 6.01. The standard InChI is InChI=1S/C19H21ClN2O3/c1-13(23)22-18(14-7-9-16(25-2)10-8-14)11-19(24)21-12-15-5-3-4-6-17(15)20/h3-10,18H,11-12H2,1-2H3,(H,21,24)(H,22,23)/t18-/m1/s1. The predicted octanol–water partition coefficient (Wildman–Crippen LogP) is 3.23. The molecule has 0 unspecified atom stereocenters. The number of hydrogen-bond acceptors (Lipinski definition) is 3. The molecule has 1 atom stereocenters. The monoisotopic (exact) mass is 360 g/mol. The lowest BCUT2D eigenvalue weighted by atomic mass is 10.0. The third-order valence-corrected chi connectivity index (χ3v) is 4.09. The van der Waals surface area contributed by atoms with E-state index in [1.54, 1.807) is 25.3 Å². The molecule has 2 aromatic carbocycles. The van der Waals surface area contributed by atoms with Crippen LogP contribution in [-0.4, -0.2) is 18.9 Å². The molecule has 2 N–H and O–H groups in total. The molecule has 2 amide bonds. The van der Waals surface area contributed by atoms with E-state index in [1.165, 1.54) is 6.92 Å². The van der Waals surface area contributed by atoms with E-state index < -0.39 is 6.04 Å². The first kappa shape index (κ1) is 18.8. The number of benzene rings is 2. The molecule has 5 nitrogen and oxygen atoms in total. The Morgan fingerprint density at radius 3 is 2.40 bits per heavy atom. The number of ether oxygens (including phenoxy) is 1. The van der Waals surface area contributed by atoms with Crippen LogP contribution in [0.5, 0.6) is 5.75 Å². The highest BCUT2D eigenvalue weighted by Gasteiger charge is 2.17. The van der Waals surface area contributed by atoms with Crippen LogP contribution in [0.15, 0.2) is 48.5 Å². The molecule has 25 heavy (non-hydrogen) atoms. The van der Waals surface area contributed by atoms with Crippen molar-refractivity contribution in [3.8, 4) is 5.75 Å². The van der Waals surface area contributed by atoms with E-state index in [0.717, 1.165) is 11.1 Å². The van der Waals surface area contributed by atoms with E-state index in [9.17, 15) is 9.59 Å². The number of rotatable bonds is 7. The predicted molar refractivity (Wildman–Crippen MR) is 97.5 cm³/mol. The summed E-state index contributed by atoms with van der Waals surface area (Å²) >= 11 is 6.09. The Balaban J connectivity index is 2.01. The van der Waals surface area contributed by atoms with Crippen molar-refractivity contribution in [1.29, 1.82) is 0 Å².